The molecule has 0 amide bonds. The molecule has 3 nitrogen and oxygen atoms in total. The summed E-state index contributed by atoms with van der Waals surface area (Å²) in [5.41, 5.74) is 6.96. The number of nitrogens with two attached hydrogens (primary N) is 1. The molecule has 0 aromatic heterocycles. The van der Waals surface area contributed by atoms with Gasteiger partial charge in [-0.3, -0.25) is 0 Å². The van der Waals surface area contributed by atoms with E-state index >= 15 is 0 Å². The van der Waals surface area contributed by atoms with Crippen LogP contribution >= 0.6 is 15.9 Å². The molecule has 4 heteroatoms. The molecule has 0 heterocycles. The predicted octanol–water partition coefficient (Wildman–Crippen LogP) is 2.94. The topological polar surface area (TPSA) is 38.5 Å². The van der Waals surface area contributed by atoms with Crippen LogP contribution in [0.5, 0.6) is 5.75 Å². The molecule has 1 aliphatic carbocycles. The SMILES string of the molecule is C[C@@H](N)c1ccc(OCCN(C)C2CC2)c(Br)c1. The third kappa shape index (κ3) is 3.70. The molecule has 1 atom stereocenters. The predicted molar refractivity (Wildman–Crippen MR) is 77.9 cm³/mol. The summed E-state index contributed by atoms with van der Waals surface area (Å²) < 4.78 is 6.77. The van der Waals surface area contributed by atoms with Crippen molar-refractivity contribution in [2.45, 2.75) is 31.8 Å². The third-order valence-corrected chi connectivity index (χ3v) is 3.97. The molecule has 18 heavy (non-hydrogen) atoms. The summed E-state index contributed by atoms with van der Waals surface area (Å²) in [4.78, 5) is 2.37. The number of rotatable bonds is 6. The molecule has 0 radical (unpaired) electrons. The van der Waals surface area contributed by atoms with Crippen LogP contribution < -0.4 is 10.5 Å². The first kappa shape index (κ1) is 13.8. The van der Waals surface area contributed by atoms with E-state index in [2.05, 4.69) is 27.9 Å². The highest BCUT2D eigenvalue weighted by atomic mass is 79.9. The summed E-state index contributed by atoms with van der Waals surface area (Å²) in [5, 5.41) is 0. The fourth-order valence-electron chi connectivity index (χ4n) is 1.91. The third-order valence-electron chi connectivity index (χ3n) is 3.35. The van der Waals surface area contributed by atoms with Crippen molar-refractivity contribution < 1.29 is 4.74 Å². The van der Waals surface area contributed by atoms with E-state index in [9.17, 15) is 0 Å². The highest BCUT2D eigenvalue weighted by molar-refractivity contribution is 9.10. The molecule has 0 aliphatic heterocycles. The Kier molecular flexibility index (Phi) is 4.65. The fraction of sp³-hybridized carbons (Fsp3) is 0.571. The minimum absolute atomic E-state index is 0.0522. The fourth-order valence-corrected chi connectivity index (χ4v) is 2.43. The molecule has 100 valence electrons. The summed E-state index contributed by atoms with van der Waals surface area (Å²) in [7, 11) is 2.16. The molecule has 2 N–H and O–H groups in total. The van der Waals surface area contributed by atoms with Gasteiger partial charge in [0.15, 0.2) is 0 Å². The first-order valence-corrected chi connectivity index (χ1v) is 7.25. The van der Waals surface area contributed by atoms with Crippen molar-refractivity contribution in [3.8, 4) is 5.75 Å². The molecule has 1 fully saturated rings. The largest absolute Gasteiger partial charge is 0.491 e. The zero-order chi connectivity index (χ0) is 13.1. The Bertz CT molecular complexity index is 405. The van der Waals surface area contributed by atoms with Crippen molar-refractivity contribution in [3.05, 3.63) is 28.2 Å². The molecule has 1 aromatic carbocycles. The lowest BCUT2D eigenvalue weighted by Gasteiger charge is -2.17. The Morgan fingerprint density at radius 1 is 1.50 bits per heavy atom. The molecule has 2 rings (SSSR count). The summed E-state index contributed by atoms with van der Waals surface area (Å²) in [6, 6.07) is 6.88. The number of likely N-dealkylation sites (N-methyl/N-ethyl adjacent to an activating group) is 1. The minimum atomic E-state index is 0.0522. The lowest BCUT2D eigenvalue weighted by Crippen LogP contribution is -2.26. The Hall–Kier alpha value is -0.580. The van der Waals surface area contributed by atoms with Crippen LogP contribution in [-0.2, 0) is 0 Å². The van der Waals surface area contributed by atoms with E-state index in [0.717, 1.165) is 35.0 Å². The van der Waals surface area contributed by atoms with Crippen LogP contribution in [0.2, 0.25) is 0 Å². The molecule has 1 saturated carbocycles. The number of benzene rings is 1. The van der Waals surface area contributed by atoms with E-state index in [4.69, 9.17) is 10.5 Å². The number of nitrogens with zero attached hydrogens (tertiary/aromatic N) is 1. The van der Waals surface area contributed by atoms with Crippen LogP contribution in [0.3, 0.4) is 0 Å². The van der Waals surface area contributed by atoms with Gasteiger partial charge in [-0.2, -0.15) is 0 Å². The normalized spacial score (nSPS) is 16.9. The Balaban J connectivity index is 1.85. The molecule has 0 saturated heterocycles. The average Bonchev–Trinajstić information content (AvgIpc) is 3.14. The summed E-state index contributed by atoms with van der Waals surface area (Å²) in [5.74, 6) is 0.892. The van der Waals surface area contributed by atoms with E-state index in [0.29, 0.717) is 0 Å². The van der Waals surface area contributed by atoms with E-state index in [-0.39, 0.29) is 6.04 Å². The van der Waals surface area contributed by atoms with Crippen molar-refractivity contribution in [3.63, 3.8) is 0 Å². The van der Waals surface area contributed by atoms with Gasteiger partial charge in [0.2, 0.25) is 0 Å². The van der Waals surface area contributed by atoms with Gasteiger partial charge in [0.1, 0.15) is 12.4 Å². The van der Waals surface area contributed by atoms with Crippen LogP contribution in [0.25, 0.3) is 0 Å². The van der Waals surface area contributed by atoms with Crippen molar-refractivity contribution in [1.29, 1.82) is 0 Å². The molecule has 1 aromatic rings. The molecular formula is C14H21BrN2O. The molecule has 0 spiro atoms. The van der Waals surface area contributed by atoms with Crippen LogP contribution in [0.15, 0.2) is 22.7 Å². The second kappa shape index (κ2) is 6.04. The summed E-state index contributed by atoms with van der Waals surface area (Å²) >= 11 is 3.53. The molecular weight excluding hydrogens is 292 g/mol. The van der Waals surface area contributed by atoms with E-state index in [1.807, 2.05) is 25.1 Å². The van der Waals surface area contributed by atoms with Crippen molar-refractivity contribution >= 4 is 15.9 Å². The van der Waals surface area contributed by atoms with Crippen molar-refractivity contribution in [2.75, 3.05) is 20.2 Å². The second-order valence-electron chi connectivity index (χ2n) is 5.04. The van der Waals surface area contributed by atoms with Crippen LogP contribution in [0.1, 0.15) is 31.4 Å². The van der Waals surface area contributed by atoms with Gasteiger partial charge >= 0.3 is 0 Å². The Morgan fingerprint density at radius 3 is 2.78 bits per heavy atom. The van der Waals surface area contributed by atoms with Crippen LogP contribution in [-0.4, -0.2) is 31.1 Å². The average molecular weight is 313 g/mol. The summed E-state index contributed by atoms with van der Waals surface area (Å²) in [6.45, 7) is 3.68. The molecule has 0 bridgehead atoms. The van der Waals surface area contributed by atoms with Gasteiger partial charge in [-0.1, -0.05) is 6.07 Å². The number of ether oxygens (including phenoxy) is 1. The maximum absolute atomic E-state index is 5.84. The van der Waals surface area contributed by atoms with Gasteiger partial charge < -0.3 is 15.4 Å². The smallest absolute Gasteiger partial charge is 0.133 e. The maximum atomic E-state index is 5.84. The standard InChI is InChI=1S/C14H21BrN2O/c1-10(16)11-3-6-14(13(15)9-11)18-8-7-17(2)12-4-5-12/h3,6,9-10,12H,4-5,7-8,16H2,1-2H3/t10-/m1/s1. The first-order chi connectivity index (χ1) is 8.58. The van der Waals surface area contributed by atoms with Gasteiger partial charge in [0, 0.05) is 18.6 Å². The highest BCUT2D eigenvalue weighted by Crippen LogP contribution is 2.28. The zero-order valence-corrected chi connectivity index (χ0v) is 12.6. The van der Waals surface area contributed by atoms with Gasteiger partial charge in [0.25, 0.3) is 0 Å². The Labute approximate surface area is 117 Å². The minimum Gasteiger partial charge on any atom is -0.491 e. The van der Waals surface area contributed by atoms with E-state index < -0.39 is 0 Å². The monoisotopic (exact) mass is 312 g/mol. The summed E-state index contributed by atoms with van der Waals surface area (Å²) in [6.07, 6.45) is 2.67. The lowest BCUT2D eigenvalue weighted by molar-refractivity contribution is 0.231. The Morgan fingerprint density at radius 2 is 2.22 bits per heavy atom. The zero-order valence-electron chi connectivity index (χ0n) is 11.0. The number of hydrogen-bond donors (Lipinski definition) is 1. The van der Waals surface area contributed by atoms with Gasteiger partial charge in [0.05, 0.1) is 4.47 Å². The quantitative estimate of drug-likeness (QED) is 0.877. The van der Waals surface area contributed by atoms with E-state index in [1.165, 1.54) is 12.8 Å². The maximum Gasteiger partial charge on any atom is 0.133 e. The number of halogens is 1. The lowest BCUT2D eigenvalue weighted by atomic mass is 10.1. The molecule has 0 unspecified atom stereocenters. The van der Waals surface area contributed by atoms with Gasteiger partial charge in [-0.15, -0.1) is 0 Å². The van der Waals surface area contributed by atoms with Crippen LogP contribution in [0.4, 0.5) is 0 Å². The van der Waals surface area contributed by atoms with E-state index in [1.54, 1.807) is 0 Å². The molecule has 1 aliphatic rings. The van der Waals surface area contributed by atoms with Gasteiger partial charge in [-0.05, 0) is 60.4 Å². The van der Waals surface area contributed by atoms with Crippen molar-refractivity contribution in [2.24, 2.45) is 5.73 Å². The van der Waals surface area contributed by atoms with Gasteiger partial charge in [-0.25, -0.2) is 0 Å². The number of hydrogen-bond acceptors (Lipinski definition) is 3. The highest BCUT2D eigenvalue weighted by Gasteiger charge is 2.25. The second-order valence-corrected chi connectivity index (χ2v) is 5.89. The van der Waals surface area contributed by atoms with Crippen LogP contribution in [0, 0.1) is 0 Å². The van der Waals surface area contributed by atoms with Crippen molar-refractivity contribution in [1.82, 2.24) is 4.90 Å². The first-order valence-electron chi connectivity index (χ1n) is 6.46.